The summed E-state index contributed by atoms with van der Waals surface area (Å²) in [4.78, 5) is 40.8. The van der Waals surface area contributed by atoms with Crippen LogP contribution in [0.3, 0.4) is 0 Å². The van der Waals surface area contributed by atoms with Gasteiger partial charge < -0.3 is 48.9 Å². The van der Waals surface area contributed by atoms with E-state index >= 15 is 0 Å². The Balaban J connectivity index is 2.34. The summed E-state index contributed by atoms with van der Waals surface area (Å²) in [6.07, 6.45) is -5.42. The second-order valence-corrected chi connectivity index (χ2v) is 15.3. The van der Waals surface area contributed by atoms with Gasteiger partial charge in [-0.2, -0.15) is 0 Å². The van der Waals surface area contributed by atoms with Crippen LogP contribution in [0.2, 0.25) is 0 Å². The first kappa shape index (κ1) is 42.0. The van der Waals surface area contributed by atoms with Crippen molar-refractivity contribution in [3.63, 3.8) is 0 Å². The molecule has 3 aliphatic heterocycles. The second kappa shape index (κ2) is 17.0. The molecule has 3 heterocycles. The number of carbonyl (C=O) groups excluding carboxylic acids is 3. The Morgan fingerprint density at radius 2 is 1.74 bits per heavy atom. The van der Waals surface area contributed by atoms with Gasteiger partial charge in [0.1, 0.15) is 11.7 Å². The van der Waals surface area contributed by atoms with E-state index in [2.05, 4.69) is 11.9 Å². The highest BCUT2D eigenvalue weighted by atomic mass is 16.7. The fraction of sp³-hybridized carbons (Fsp3) is 0.811. The second-order valence-electron chi connectivity index (χ2n) is 15.3. The number of hydrogen-bond acceptors (Lipinski definition) is 12. The number of rotatable bonds is 6. The molecule has 3 aliphatic rings. The lowest BCUT2D eigenvalue weighted by molar-refractivity contribution is -0.303. The number of carbonyl (C=O) groups is 3. The third-order valence-electron chi connectivity index (χ3n) is 10.6. The van der Waals surface area contributed by atoms with Crippen LogP contribution in [0.1, 0.15) is 88.5 Å². The van der Waals surface area contributed by atoms with E-state index in [1.165, 1.54) is 13.8 Å². The molecule has 1 unspecified atom stereocenters. The van der Waals surface area contributed by atoms with Crippen molar-refractivity contribution in [2.24, 2.45) is 17.8 Å². The summed E-state index contributed by atoms with van der Waals surface area (Å²) in [6, 6.07) is -0.247. The van der Waals surface area contributed by atoms with E-state index in [1.54, 1.807) is 27.7 Å². The molecule has 2 bridgehead atoms. The summed E-state index contributed by atoms with van der Waals surface area (Å²) in [5.74, 6) is -3.96. The van der Waals surface area contributed by atoms with Crippen molar-refractivity contribution in [2.45, 2.75) is 149 Å². The average Bonchev–Trinajstić information content (AvgIpc) is 3.03. The normalized spacial score (nSPS) is 41.1. The zero-order valence-corrected chi connectivity index (χ0v) is 32.1. The molecule has 0 aliphatic carbocycles. The van der Waals surface area contributed by atoms with Crippen LogP contribution < -0.4 is 5.32 Å². The predicted octanol–water partition coefficient (Wildman–Crippen LogP) is 3.25. The van der Waals surface area contributed by atoms with Gasteiger partial charge in [-0.05, 0) is 67.1 Å². The van der Waals surface area contributed by atoms with Crippen molar-refractivity contribution < 1.29 is 53.0 Å². The number of fused-ring (bicyclic) bond motifs is 4. The number of esters is 2. The topological polar surface area (TPSA) is 162 Å². The first-order valence-corrected chi connectivity index (χ1v) is 17.8. The summed E-state index contributed by atoms with van der Waals surface area (Å²) in [5, 5.41) is 27.1. The molecule has 13 heteroatoms. The molecule has 3 rings (SSSR count). The molecule has 0 radical (unpaired) electrons. The van der Waals surface area contributed by atoms with Gasteiger partial charge >= 0.3 is 11.9 Å². The Morgan fingerprint density at radius 1 is 1.10 bits per heavy atom. The number of aliphatic hydroxyl groups excluding tert-OH is 1. The Hall–Kier alpha value is -2.39. The van der Waals surface area contributed by atoms with E-state index < -0.39 is 77.7 Å². The molecule has 3 N–H and O–H groups in total. The van der Waals surface area contributed by atoms with E-state index in [9.17, 15) is 24.6 Å². The molecule has 286 valence electrons. The molecular formula is C37H62N2O11. The third kappa shape index (κ3) is 9.53. The van der Waals surface area contributed by atoms with Crippen LogP contribution >= 0.6 is 0 Å². The van der Waals surface area contributed by atoms with E-state index in [0.29, 0.717) is 17.7 Å². The minimum atomic E-state index is -1.72. The summed E-state index contributed by atoms with van der Waals surface area (Å²) in [5.41, 5.74) is -1.17. The number of amides is 1. The maximum Gasteiger partial charge on any atom is 0.311 e. The Morgan fingerprint density at radius 3 is 2.30 bits per heavy atom. The van der Waals surface area contributed by atoms with E-state index in [-0.39, 0.29) is 44.1 Å². The van der Waals surface area contributed by atoms with Crippen LogP contribution in [-0.2, 0) is 42.8 Å². The zero-order chi connectivity index (χ0) is 37.9. The van der Waals surface area contributed by atoms with Gasteiger partial charge in [-0.15, -0.1) is 0 Å². The van der Waals surface area contributed by atoms with Gasteiger partial charge in [0.2, 0.25) is 5.91 Å². The molecule has 13 atom stereocenters. The van der Waals surface area contributed by atoms with Gasteiger partial charge in [0.15, 0.2) is 12.4 Å². The number of nitrogens with one attached hydrogen (secondary N) is 1. The van der Waals surface area contributed by atoms with Gasteiger partial charge in [-0.3, -0.25) is 14.4 Å². The molecule has 0 saturated carbocycles. The first-order valence-electron chi connectivity index (χ1n) is 17.8. The molecule has 0 spiro atoms. The molecule has 1 fully saturated rings. The minimum Gasteiger partial charge on any atom is -0.459 e. The lowest BCUT2D eigenvalue weighted by Gasteiger charge is -2.48. The Labute approximate surface area is 298 Å². The standard InChI is InChI=1S/C37H62N2O11/c1-14-28-37(11,44)33-22(5)29(38-25(8)40)20(3)16-36(10,46-18-19(2)17-45-33)32(23(6)30(42)24(7)34(43)49-28)50-35-31(48-26(9)41)27(39(12)13)15-21(4)47-35/h21-24,27-28,30-33,35,42,44H,2,14-18H2,1,3-13H3,(H,38,40)/t21-,22+,23+,24-,27+,28-,30+,31-,32?,33-,35+,36-,37-/m1/s1. The molecule has 0 aromatic heterocycles. The van der Waals surface area contributed by atoms with Crippen LogP contribution in [-0.4, -0.2) is 120 Å². The largest absolute Gasteiger partial charge is 0.459 e. The third-order valence-corrected chi connectivity index (χ3v) is 10.6. The fourth-order valence-corrected chi connectivity index (χ4v) is 7.89. The van der Waals surface area contributed by atoms with Crippen molar-refractivity contribution in [2.75, 3.05) is 27.3 Å². The van der Waals surface area contributed by atoms with Crippen LogP contribution in [0.15, 0.2) is 23.4 Å². The predicted molar refractivity (Wildman–Crippen MR) is 186 cm³/mol. The number of aliphatic hydroxyl groups is 2. The monoisotopic (exact) mass is 710 g/mol. The number of cyclic esters (lactones) is 1. The maximum absolute atomic E-state index is 13.8. The molecule has 1 saturated heterocycles. The highest BCUT2D eigenvalue weighted by Gasteiger charge is 2.52. The van der Waals surface area contributed by atoms with Crippen molar-refractivity contribution in [1.29, 1.82) is 0 Å². The molecule has 13 nitrogen and oxygen atoms in total. The highest BCUT2D eigenvalue weighted by molar-refractivity contribution is 5.75. The van der Waals surface area contributed by atoms with Crippen molar-refractivity contribution in [1.82, 2.24) is 10.2 Å². The summed E-state index contributed by atoms with van der Waals surface area (Å²) >= 11 is 0. The van der Waals surface area contributed by atoms with Crippen molar-refractivity contribution in [3.8, 4) is 0 Å². The number of ether oxygens (including phenoxy) is 6. The van der Waals surface area contributed by atoms with E-state index in [0.717, 1.165) is 5.57 Å². The molecule has 50 heavy (non-hydrogen) atoms. The number of nitrogens with zero attached hydrogens (tertiary/aromatic N) is 1. The van der Waals surface area contributed by atoms with E-state index in [1.807, 2.05) is 46.7 Å². The van der Waals surface area contributed by atoms with Gasteiger partial charge in [-0.1, -0.05) is 32.9 Å². The van der Waals surface area contributed by atoms with E-state index in [4.69, 9.17) is 28.4 Å². The lowest BCUT2D eigenvalue weighted by Crippen LogP contribution is -2.60. The van der Waals surface area contributed by atoms with Gasteiger partial charge in [0.05, 0.1) is 55.2 Å². The van der Waals surface area contributed by atoms with Gasteiger partial charge in [0.25, 0.3) is 0 Å². The van der Waals surface area contributed by atoms with Crippen molar-refractivity contribution >= 4 is 17.8 Å². The maximum atomic E-state index is 13.8. The van der Waals surface area contributed by atoms with Gasteiger partial charge in [-0.25, -0.2) is 0 Å². The number of hydrogen-bond donors (Lipinski definition) is 3. The van der Waals surface area contributed by atoms with Gasteiger partial charge in [0, 0.05) is 37.8 Å². The molecule has 1 amide bonds. The van der Waals surface area contributed by atoms with Crippen LogP contribution in [0.4, 0.5) is 0 Å². The van der Waals surface area contributed by atoms with Crippen LogP contribution in [0.25, 0.3) is 0 Å². The summed E-state index contributed by atoms with van der Waals surface area (Å²) < 4.78 is 38.2. The zero-order valence-electron chi connectivity index (χ0n) is 32.1. The SMILES string of the molecule is C=C1CO[C@@H]2[C@@H](C)C(NC(C)=O)=C(C)C[C@@](C)(OC1)C(O[C@@H]1O[C@H](C)C[C@H](N(C)C)[C@H]1OC(C)=O)[C@@H](C)[C@H](O)[C@@H](C)C(=O)O[C@H](CC)[C@@]2(C)O. The summed E-state index contributed by atoms with van der Waals surface area (Å²) in [7, 11) is 3.79. The quantitative estimate of drug-likeness (QED) is 0.273. The smallest absolute Gasteiger partial charge is 0.311 e. The highest BCUT2D eigenvalue weighted by Crippen LogP contribution is 2.41. The van der Waals surface area contributed by atoms with Crippen molar-refractivity contribution in [3.05, 3.63) is 23.4 Å². The van der Waals surface area contributed by atoms with Crippen LogP contribution in [0.5, 0.6) is 0 Å². The molecule has 0 aromatic carbocycles. The first-order chi connectivity index (χ1) is 23.1. The number of likely N-dealkylation sites (N-methyl/N-ethyl adjacent to an activating group) is 1. The lowest BCUT2D eigenvalue weighted by atomic mass is 9.76. The Kier molecular flexibility index (Phi) is 14.3. The minimum absolute atomic E-state index is 0.000409. The fourth-order valence-electron chi connectivity index (χ4n) is 7.89. The average molecular weight is 711 g/mol. The molecular weight excluding hydrogens is 648 g/mol. The van der Waals surface area contributed by atoms with Crippen LogP contribution in [0, 0.1) is 17.8 Å². The summed E-state index contributed by atoms with van der Waals surface area (Å²) in [6.45, 7) is 21.1. The molecule has 0 aromatic rings. The Bertz CT molecular complexity index is 1270.